The number of benzene rings is 1. The molecule has 0 atom stereocenters. The van der Waals surface area contributed by atoms with Gasteiger partial charge in [-0.25, -0.2) is 0 Å². The van der Waals surface area contributed by atoms with Gasteiger partial charge in [-0.1, -0.05) is 0 Å². The van der Waals surface area contributed by atoms with Gasteiger partial charge < -0.3 is 5.73 Å². The fraction of sp³-hybridized carbons (Fsp3) is 0.222. The molecule has 1 aromatic carbocycles. The van der Waals surface area contributed by atoms with Gasteiger partial charge in [0.15, 0.2) is 0 Å². The first-order valence-electron chi connectivity index (χ1n) is 4.30. The second-order valence-corrected chi connectivity index (χ2v) is 3.10. The van der Waals surface area contributed by atoms with E-state index in [0.29, 0.717) is 6.07 Å². The number of hydrogen-bond donors (Lipinski definition) is 1. The number of hydrogen-bond acceptors (Lipinski definition) is 4. The molecule has 2 N–H and O–H groups in total. The Bertz CT molecular complexity index is 505. The van der Waals surface area contributed by atoms with Crippen molar-refractivity contribution in [3.63, 3.8) is 0 Å². The predicted molar refractivity (Wildman–Crippen MR) is 50.7 cm³/mol. The molecule has 0 radical (unpaired) electrons. The van der Waals surface area contributed by atoms with E-state index in [1.165, 1.54) is 6.07 Å². The average molecular weight is 245 g/mol. The Kier molecular flexibility index (Phi) is 3.34. The Hall–Kier alpha value is -2.14. The molecule has 17 heavy (non-hydrogen) atoms. The number of nitrogens with two attached hydrogens (primary N) is 1. The lowest BCUT2D eigenvalue weighted by Crippen LogP contribution is -2.15. The highest BCUT2D eigenvalue weighted by atomic mass is 19.4. The van der Waals surface area contributed by atoms with Gasteiger partial charge in [-0.2, -0.15) is 18.4 Å². The molecule has 0 amide bonds. The van der Waals surface area contributed by atoms with Crippen molar-refractivity contribution in [2.24, 2.45) is 5.73 Å². The summed E-state index contributed by atoms with van der Waals surface area (Å²) >= 11 is 0. The zero-order valence-electron chi connectivity index (χ0n) is 8.28. The van der Waals surface area contributed by atoms with Gasteiger partial charge >= 0.3 is 6.18 Å². The molecule has 1 aromatic rings. The van der Waals surface area contributed by atoms with E-state index in [1.54, 1.807) is 0 Å². The van der Waals surface area contributed by atoms with Crippen LogP contribution in [0.3, 0.4) is 0 Å². The van der Waals surface area contributed by atoms with Crippen LogP contribution in [0.15, 0.2) is 12.1 Å². The number of non-ortho nitro benzene ring substituents is 1. The molecule has 90 valence electrons. The molecule has 0 unspecified atom stereocenters. The minimum atomic E-state index is -4.77. The maximum absolute atomic E-state index is 12.6. The van der Waals surface area contributed by atoms with E-state index in [1.807, 2.05) is 0 Å². The fourth-order valence-electron chi connectivity index (χ4n) is 1.37. The summed E-state index contributed by atoms with van der Waals surface area (Å²) in [6, 6.07) is 2.60. The van der Waals surface area contributed by atoms with E-state index < -0.39 is 40.0 Å². The first-order chi connectivity index (χ1) is 7.81. The molecule has 0 aliphatic carbocycles. The Labute approximate surface area is 93.4 Å². The summed E-state index contributed by atoms with van der Waals surface area (Å²) in [6.07, 6.45) is -4.77. The Morgan fingerprint density at radius 1 is 1.47 bits per heavy atom. The number of nitrogens with zero attached hydrogens (tertiary/aromatic N) is 2. The minimum Gasteiger partial charge on any atom is -0.326 e. The third kappa shape index (κ3) is 2.51. The first kappa shape index (κ1) is 12.9. The van der Waals surface area contributed by atoms with Crippen LogP contribution in [0.1, 0.15) is 16.7 Å². The van der Waals surface area contributed by atoms with Crippen molar-refractivity contribution < 1.29 is 18.1 Å². The zero-order chi connectivity index (χ0) is 13.2. The van der Waals surface area contributed by atoms with E-state index in [2.05, 4.69) is 0 Å². The molecule has 5 nitrogen and oxygen atoms in total. The molecule has 1 rings (SSSR count). The Morgan fingerprint density at radius 2 is 2.06 bits per heavy atom. The quantitative estimate of drug-likeness (QED) is 0.636. The zero-order valence-corrected chi connectivity index (χ0v) is 8.28. The van der Waals surface area contributed by atoms with Crippen molar-refractivity contribution in [3.05, 3.63) is 38.9 Å². The highest BCUT2D eigenvalue weighted by Gasteiger charge is 2.37. The standard InChI is InChI=1S/C9H6F3N3O2/c10-9(11,12)8-5(3-13)1-7(15(16)17)2-6(8)4-14/h1-2H,3,13H2. The summed E-state index contributed by atoms with van der Waals surface area (Å²) in [5.74, 6) is 0. The van der Waals surface area contributed by atoms with Crippen LogP contribution in [0.5, 0.6) is 0 Å². The van der Waals surface area contributed by atoms with Crippen molar-refractivity contribution >= 4 is 5.69 Å². The average Bonchev–Trinajstić information content (AvgIpc) is 2.25. The largest absolute Gasteiger partial charge is 0.418 e. The van der Waals surface area contributed by atoms with Crippen molar-refractivity contribution in [1.29, 1.82) is 5.26 Å². The van der Waals surface area contributed by atoms with Gasteiger partial charge in [-0.05, 0) is 5.56 Å². The second kappa shape index (κ2) is 4.39. The molecule has 0 aromatic heterocycles. The van der Waals surface area contributed by atoms with Crippen LogP contribution in [0.2, 0.25) is 0 Å². The molecule has 0 spiro atoms. The topological polar surface area (TPSA) is 92.9 Å². The third-order valence-electron chi connectivity index (χ3n) is 2.04. The van der Waals surface area contributed by atoms with Crippen LogP contribution in [-0.4, -0.2) is 4.92 Å². The van der Waals surface area contributed by atoms with E-state index in [9.17, 15) is 23.3 Å². The maximum Gasteiger partial charge on any atom is 0.418 e. The van der Waals surface area contributed by atoms with Crippen LogP contribution in [0.4, 0.5) is 18.9 Å². The van der Waals surface area contributed by atoms with E-state index in [4.69, 9.17) is 11.0 Å². The molecular weight excluding hydrogens is 239 g/mol. The summed E-state index contributed by atoms with van der Waals surface area (Å²) in [6.45, 7) is -0.537. The van der Waals surface area contributed by atoms with E-state index in [0.717, 1.165) is 6.07 Å². The highest BCUT2D eigenvalue weighted by molar-refractivity contribution is 5.52. The van der Waals surface area contributed by atoms with Crippen molar-refractivity contribution in [2.45, 2.75) is 12.7 Å². The van der Waals surface area contributed by atoms with E-state index in [-0.39, 0.29) is 0 Å². The van der Waals surface area contributed by atoms with E-state index >= 15 is 0 Å². The van der Waals surface area contributed by atoms with Crippen molar-refractivity contribution in [3.8, 4) is 6.07 Å². The van der Waals surface area contributed by atoms with Gasteiger partial charge in [0, 0.05) is 18.7 Å². The van der Waals surface area contributed by atoms with Gasteiger partial charge in [0.1, 0.15) is 6.07 Å². The van der Waals surface area contributed by atoms with Crippen LogP contribution in [0, 0.1) is 21.4 Å². The molecule has 8 heteroatoms. The number of alkyl halides is 3. The first-order valence-corrected chi connectivity index (χ1v) is 4.30. The van der Waals surface area contributed by atoms with Gasteiger partial charge in [-0.3, -0.25) is 10.1 Å². The molecule has 0 saturated heterocycles. The van der Waals surface area contributed by atoms with Crippen molar-refractivity contribution in [2.75, 3.05) is 0 Å². The molecular formula is C9H6F3N3O2. The number of halogens is 3. The summed E-state index contributed by atoms with van der Waals surface area (Å²) in [5.41, 5.74) is 2.04. The van der Waals surface area contributed by atoms with Gasteiger partial charge in [0.05, 0.1) is 16.1 Å². The van der Waals surface area contributed by atoms with Gasteiger partial charge in [0.2, 0.25) is 0 Å². The van der Waals surface area contributed by atoms with Crippen LogP contribution in [0.25, 0.3) is 0 Å². The molecule has 0 heterocycles. The van der Waals surface area contributed by atoms with Gasteiger partial charge in [-0.15, -0.1) is 0 Å². The normalized spacial score (nSPS) is 11.0. The molecule has 0 saturated carbocycles. The van der Waals surface area contributed by atoms with Crippen LogP contribution < -0.4 is 5.73 Å². The van der Waals surface area contributed by atoms with Gasteiger partial charge in [0.25, 0.3) is 5.69 Å². The third-order valence-corrected chi connectivity index (χ3v) is 2.04. The summed E-state index contributed by atoms with van der Waals surface area (Å²) in [4.78, 5) is 9.60. The lowest BCUT2D eigenvalue weighted by molar-refractivity contribution is -0.385. The molecule has 0 aliphatic heterocycles. The monoisotopic (exact) mass is 245 g/mol. The predicted octanol–water partition coefficient (Wildman–Crippen LogP) is 1.94. The van der Waals surface area contributed by atoms with Crippen LogP contribution >= 0.6 is 0 Å². The SMILES string of the molecule is N#Cc1cc([N+](=O)[O-])cc(CN)c1C(F)(F)F. The van der Waals surface area contributed by atoms with Crippen molar-refractivity contribution in [1.82, 2.24) is 0 Å². The Morgan fingerprint density at radius 3 is 2.41 bits per heavy atom. The summed E-state index contributed by atoms with van der Waals surface area (Å²) in [5, 5.41) is 19.1. The fourth-order valence-corrected chi connectivity index (χ4v) is 1.37. The smallest absolute Gasteiger partial charge is 0.326 e. The minimum absolute atomic E-state index is 0.469. The second-order valence-electron chi connectivity index (χ2n) is 3.10. The number of rotatable bonds is 2. The van der Waals surface area contributed by atoms with Crippen LogP contribution in [-0.2, 0) is 12.7 Å². The number of nitriles is 1. The number of nitro benzene ring substituents is 1. The summed E-state index contributed by atoms with van der Waals surface area (Å²) < 4.78 is 37.9. The molecule has 0 fully saturated rings. The maximum atomic E-state index is 12.6. The molecule has 0 bridgehead atoms. The lowest BCUT2D eigenvalue weighted by atomic mass is 10.00. The lowest BCUT2D eigenvalue weighted by Gasteiger charge is -2.12. The highest BCUT2D eigenvalue weighted by Crippen LogP contribution is 2.36. The summed E-state index contributed by atoms with van der Waals surface area (Å²) in [7, 11) is 0. The number of nitro groups is 1. The molecule has 0 aliphatic rings. The Balaban J connectivity index is 3.61.